The van der Waals surface area contributed by atoms with Gasteiger partial charge in [0.15, 0.2) is 0 Å². The van der Waals surface area contributed by atoms with Crippen LogP contribution in [0.5, 0.6) is 5.75 Å². The zero-order valence-electron chi connectivity index (χ0n) is 13.6. The number of amides is 1. The molecule has 0 fully saturated rings. The molecule has 0 spiro atoms. The fourth-order valence-electron chi connectivity index (χ4n) is 2.47. The monoisotopic (exact) mass is 324 g/mol. The topological polar surface area (TPSA) is 69.0 Å². The first kappa shape index (κ1) is 16.0. The number of anilines is 1. The lowest BCUT2D eigenvalue weighted by molar-refractivity contribution is -0.116. The smallest absolute Gasteiger partial charge is 0.226 e. The number of pyridine rings is 1. The van der Waals surface area contributed by atoms with Crippen LogP contribution in [0.4, 0.5) is 5.82 Å². The second kappa shape index (κ2) is 7.59. The first-order valence-corrected chi connectivity index (χ1v) is 7.88. The van der Waals surface area contributed by atoms with Crippen LogP contribution in [0.2, 0.25) is 0 Å². The lowest BCUT2D eigenvalue weighted by Gasteiger charge is -2.12. The fraction of sp³-hybridized carbons (Fsp3) is 0.278. The predicted molar refractivity (Wildman–Crippen MR) is 91.4 cm³/mol. The molecule has 1 atom stereocenters. The minimum atomic E-state index is -0.0310. The fourth-order valence-corrected chi connectivity index (χ4v) is 2.47. The number of aromatic nitrogens is 3. The average Bonchev–Trinajstić information content (AvgIpc) is 3.00. The van der Waals surface area contributed by atoms with Gasteiger partial charge in [0.1, 0.15) is 18.2 Å². The first-order valence-electron chi connectivity index (χ1n) is 7.88. The maximum atomic E-state index is 12.0. The van der Waals surface area contributed by atoms with Gasteiger partial charge in [-0.15, -0.1) is 0 Å². The Morgan fingerprint density at radius 2 is 2.29 bits per heavy atom. The SMILES string of the molecule is Cn1cc(COc2ccc(NC(=O)CC3C=CC=CC3)nc2)cn1. The summed E-state index contributed by atoms with van der Waals surface area (Å²) in [5.41, 5.74) is 0.990. The molecule has 0 radical (unpaired) electrons. The minimum absolute atomic E-state index is 0.0310. The minimum Gasteiger partial charge on any atom is -0.487 e. The van der Waals surface area contributed by atoms with Crippen molar-refractivity contribution in [3.05, 3.63) is 60.6 Å². The molecule has 2 aromatic rings. The summed E-state index contributed by atoms with van der Waals surface area (Å²) in [7, 11) is 1.86. The standard InChI is InChI=1S/C18H20N4O2/c1-22-12-15(10-20-22)13-24-16-7-8-17(19-11-16)21-18(23)9-14-5-3-2-4-6-14/h2-5,7-8,10-12,14H,6,9,13H2,1H3,(H,19,21,23). The van der Waals surface area contributed by atoms with Gasteiger partial charge in [-0.1, -0.05) is 24.3 Å². The van der Waals surface area contributed by atoms with Crippen LogP contribution in [0.15, 0.2) is 55.0 Å². The number of carbonyl (C=O) groups is 1. The van der Waals surface area contributed by atoms with Gasteiger partial charge in [-0.2, -0.15) is 5.10 Å². The molecule has 0 aliphatic heterocycles. The maximum Gasteiger partial charge on any atom is 0.226 e. The van der Waals surface area contributed by atoms with Crippen LogP contribution in [0, 0.1) is 5.92 Å². The van der Waals surface area contributed by atoms with E-state index in [1.807, 2.05) is 25.4 Å². The highest BCUT2D eigenvalue weighted by Crippen LogP contribution is 2.18. The van der Waals surface area contributed by atoms with Crippen LogP contribution in [-0.2, 0) is 18.4 Å². The molecule has 1 aliphatic rings. The third-order valence-electron chi connectivity index (χ3n) is 3.68. The molecule has 1 unspecified atom stereocenters. The second-order valence-electron chi connectivity index (χ2n) is 5.75. The lowest BCUT2D eigenvalue weighted by Crippen LogP contribution is -2.16. The van der Waals surface area contributed by atoms with Gasteiger partial charge in [0.2, 0.25) is 5.91 Å². The molecule has 3 rings (SSSR count). The number of hydrogen-bond acceptors (Lipinski definition) is 4. The Balaban J connectivity index is 1.47. The molecule has 2 heterocycles. The van der Waals surface area contributed by atoms with E-state index in [1.54, 1.807) is 29.2 Å². The zero-order chi connectivity index (χ0) is 16.8. The third-order valence-corrected chi connectivity index (χ3v) is 3.68. The average molecular weight is 324 g/mol. The predicted octanol–water partition coefficient (Wildman–Crippen LogP) is 2.86. The quantitative estimate of drug-likeness (QED) is 0.887. The van der Waals surface area contributed by atoms with E-state index in [1.165, 1.54) is 0 Å². The van der Waals surface area contributed by atoms with Crippen molar-refractivity contribution in [1.82, 2.24) is 14.8 Å². The van der Waals surface area contributed by atoms with Crippen LogP contribution in [0.1, 0.15) is 18.4 Å². The summed E-state index contributed by atoms with van der Waals surface area (Å²) in [4.78, 5) is 16.2. The van der Waals surface area contributed by atoms with Crippen molar-refractivity contribution >= 4 is 11.7 Å². The molecule has 6 heteroatoms. The molecule has 6 nitrogen and oxygen atoms in total. The Labute approximate surface area is 140 Å². The molecule has 1 aliphatic carbocycles. The summed E-state index contributed by atoms with van der Waals surface area (Å²) in [5, 5.41) is 6.90. The molecule has 124 valence electrons. The van der Waals surface area contributed by atoms with Crippen molar-refractivity contribution in [2.75, 3.05) is 5.32 Å². The van der Waals surface area contributed by atoms with E-state index in [-0.39, 0.29) is 11.8 Å². The molecule has 0 bridgehead atoms. The molecule has 1 N–H and O–H groups in total. The number of rotatable bonds is 6. The number of nitrogens with one attached hydrogen (secondary N) is 1. The molecule has 0 saturated carbocycles. The van der Waals surface area contributed by atoms with E-state index < -0.39 is 0 Å². The Morgan fingerprint density at radius 1 is 1.38 bits per heavy atom. The van der Waals surface area contributed by atoms with Crippen LogP contribution in [-0.4, -0.2) is 20.7 Å². The van der Waals surface area contributed by atoms with E-state index in [0.29, 0.717) is 24.6 Å². The number of carbonyl (C=O) groups excluding carboxylic acids is 1. The molecule has 1 amide bonds. The Hall–Kier alpha value is -2.89. The Morgan fingerprint density at radius 3 is 2.96 bits per heavy atom. The largest absolute Gasteiger partial charge is 0.487 e. The number of allylic oxidation sites excluding steroid dienone is 4. The Bertz CT molecular complexity index is 747. The van der Waals surface area contributed by atoms with Crippen LogP contribution in [0.25, 0.3) is 0 Å². The van der Waals surface area contributed by atoms with Crippen LogP contribution < -0.4 is 10.1 Å². The van der Waals surface area contributed by atoms with E-state index >= 15 is 0 Å². The lowest BCUT2D eigenvalue weighted by atomic mass is 9.97. The van der Waals surface area contributed by atoms with E-state index in [4.69, 9.17) is 4.74 Å². The summed E-state index contributed by atoms with van der Waals surface area (Å²) in [5.74, 6) is 1.41. The highest BCUT2D eigenvalue weighted by atomic mass is 16.5. The summed E-state index contributed by atoms with van der Waals surface area (Å²) in [6.07, 6.45) is 14.7. The number of aryl methyl sites for hydroxylation is 1. The number of ether oxygens (including phenoxy) is 1. The van der Waals surface area contributed by atoms with Crippen LogP contribution in [0.3, 0.4) is 0 Å². The summed E-state index contributed by atoms with van der Waals surface area (Å²) < 4.78 is 7.37. The van der Waals surface area contributed by atoms with E-state index in [0.717, 1.165) is 12.0 Å². The maximum absolute atomic E-state index is 12.0. The van der Waals surface area contributed by atoms with Crippen molar-refractivity contribution < 1.29 is 9.53 Å². The van der Waals surface area contributed by atoms with Crippen molar-refractivity contribution in [2.45, 2.75) is 19.4 Å². The van der Waals surface area contributed by atoms with Gasteiger partial charge >= 0.3 is 0 Å². The second-order valence-corrected chi connectivity index (χ2v) is 5.75. The first-order chi connectivity index (χ1) is 11.7. The highest BCUT2D eigenvalue weighted by Gasteiger charge is 2.12. The zero-order valence-corrected chi connectivity index (χ0v) is 13.6. The molecular formula is C18H20N4O2. The van der Waals surface area contributed by atoms with Gasteiger partial charge < -0.3 is 10.1 Å². The van der Waals surface area contributed by atoms with Gasteiger partial charge in [-0.05, 0) is 24.5 Å². The molecule has 0 aromatic carbocycles. The van der Waals surface area contributed by atoms with E-state index in [9.17, 15) is 4.79 Å². The van der Waals surface area contributed by atoms with Gasteiger partial charge in [-0.25, -0.2) is 4.98 Å². The third kappa shape index (κ3) is 4.55. The van der Waals surface area contributed by atoms with Gasteiger partial charge in [0, 0.05) is 25.2 Å². The van der Waals surface area contributed by atoms with E-state index in [2.05, 4.69) is 27.6 Å². The Kier molecular flexibility index (Phi) is 5.05. The number of hydrogen-bond donors (Lipinski definition) is 1. The molecule has 0 saturated heterocycles. The van der Waals surface area contributed by atoms with Crippen molar-refractivity contribution in [1.29, 1.82) is 0 Å². The normalized spacial score (nSPS) is 16.1. The van der Waals surface area contributed by atoms with Gasteiger partial charge in [0.25, 0.3) is 0 Å². The molecule has 2 aromatic heterocycles. The van der Waals surface area contributed by atoms with Crippen molar-refractivity contribution in [3.8, 4) is 5.75 Å². The highest BCUT2D eigenvalue weighted by molar-refractivity contribution is 5.90. The summed E-state index contributed by atoms with van der Waals surface area (Å²) >= 11 is 0. The van der Waals surface area contributed by atoms with Crippen molar-refractivity contribution in [2.24, 2.45) is 13.0 Å². The van der Waals surface area contributed by atoms with Gasteiger partial charge in [-0.3, -0.25) is 9.48 Å². The summed E-state index contributed by atoms with van der Waals surface area (Å²) in [6.45, 7) is 0.433. The van der Waals surface area contributed by atoms with Crippen LogP contribution >= 0.6 is 0 Å². The van der Waals surface area contributed by atoms with Crippen molar-refractivity contribution in [3.63, 3.8) is 0 Å². The van der Waals surface area contributed by atoms with Gasteiger partial charge in [0.05, 0.1) is 12.4 Å². The molecule has 24 heavy (non-hydrogen) atoms. The molecular weight excluding hydrogens is 304 g/mol. The number of nitrogens with zero attached hydrogens (tertiary/aromatic N) is 3. The summed E-state index contributed by atoms with van der Waals surface area (Å²) in [6, 6.07) is 3.54.